The highest BCUT2D eigenvalue weighted by Crippen LogP contribution is 2.27. The van der Waals surface area contributed by atoms with E-state index in [1.807, 2.05) is 59.3 Å². The van der Waals surface area contributed by atoms with Gasteiger partial charge in [0.2, 0.25) is 0 Å². The molecule has 1 aliphatic carbocycles. The molecule has 0 bridgehead atoms. The quantitative estimate of drug-likeness (QED) is 0.743. The van der Waals surface area contributed by atoms with Crippen LogP contribution in [0.4, 0.5) is 10.5 Å². The molecule has 2 N–H and O–H groups in total. The Morgan fingerprint density at radius 3 is 2.68 bits per heavy atom. The summed E-state index contributed by atoms with van der Waals surface area (Å²) in [5.74, 6) is 0. The van der Waals surface area contributed by atoms with Crippen molar-refractivity contribution in [3.05, 3.63) is 54.9 Å². The molecule has 2 heterocycles. The average Bonchev–Trinajstić information content (AvgIpc) is 3.07. The topological polar surface area (TPSA) is 58.4 Å². The van der Waals surface area contributed by atoms with E-state index in [2.05, 4.69) is 15.6 Å². The molecule has 0 unspecified atom stereocenters. The summed E-state index contributed by atoms with van der Waals surface area (Å²) in [7, 11) is 0. The van der Waals surface area contributed by atoms with Crippen LogP contribution in [0.2, 0.25) is 0 Å². The molecule has 0 aliphatic heterocycles. The van der Waals surface area contributed by atoms with Crippen LogP contribution in [0, 0.1) is 0 Å². The minimum absolute atomic E-state index is 0.136. The molecule has 4 rings (SSSR count). The number of amides is 2. The highest BCUT2D eigenvalue weighted by atomic mass is 16.2. The number of aromatic nitrogens is 2. The number of anilines is 1. The predicted octanol–water partition coefficient (Wildman–Crippen LogP) is 4.46. The van der Waals surface area contributed by atoms with Crippen LogP contribution in [-0.2, 0) is 0 Å². The maximum absolute atomic E-state index is 12.4. The molecule has 1 saturated carbocycles. The Kier molecular flexibility index (Phi) is 4.37. The number of urea groups is 1. The Balaban J connectivity index is 1.55. The zero-order valence-corrected chi connectivity index (χ0v) is 14.1. The van der Waals surface area contributed by atoms with Gasteiger partial charge in [0, 0.05) is 24.0 Å². The van der Waals surface area contributed by atoms with Crippen LogP contribution in [-0.4, -0.2) is 21.5 Å². The summed E-state index contributed by atoms with van der Waals surface area (Å²) in [6.45, 7) is 0. The summed E-state index contributed by atoms with van der Waals surface area (Å²) < 4.78 is 1.98. The van der Waals surface area contributed by atoms with Gasteiger partial charge in [0.1, 0.15) is 5.65 Å². The third kappa shape index (κ3) is 3.50. The smallest absolute Gasteiger partial charge is 0.319 e. The summed E-state index contributed by atoms with van der Waals surface area (Å²) in [5.41, 5.74) is 3.43. The predicted molar refractivity (Wildman–Crippen MR) is 99.7 cm³/mol. The monoisotopic (exact) mass is 334 g/mol. The van der Waals surface area contributed by atoms with Crippen LogP contribution >= 0.6 is 0 Å². The van der Waals surface area contributed by atoms with Crippen molar-refractivity contribution in [1.29, 1.82) is 0 Å². The van der Waals surface area contributed by atoms with E-state index in [-0.39, 0.29) is 12.1 Å². The number of fused-ring (bicyclic) bond motifs is 1. The average molecular weight is 334 g/mol. The molecule has 128 valence electrons. The molecule has 25 heavy (non-hydrogen) atoms. The minimum atomic E-state index is -0.136. The molecular formula is C20H22N4O. The Hall–Kier alpha value is -2.82. The molecule has 1 aliphatic rings. The van der Waals surface area contributed by atoms with E-state index in [9.17, 15) is 4.79 Å². The number of para-hydroxylation sites is 1. The molecule has 2 amide bonds. The second-order valence-corrected chi connectivity index (χ2v) is 6.57. The van der Waals surface area contributed by atoms with E-state index >= 15 is 0 Å². The Morgan fingerprint density at radius 2 is 1.84 bits per heavy atom. The van der Waals surface area contributed by atoms with Gasteiger partial charge in [-0.25, -0.2) is 9.78 Å². The SMILES string of the molecule is O=C(Nc1ccccc1-c1cn2ccccc2n1)NC1CCCCC1. The summed E-state index contributed by atoms with van der Waals surface area (Å²) >= 11 is 0. The van der Waals surface area contributed by atoms with E-state index in [0.717, 1.165) is 35.4 Å². The third-order valence-electron chi connectivity index (χ3n) is 4.76. The van der Waals surface area contributed by atoms with Crippen molar-refractivity contribution >= 4 is 17.4 Å². The zero-order valence-electron chi connectivity index (χ0n) is 14.1. The Labute approximate surface area is 147 Å². The fraction of sp³-hybridized carbons (Fsp3) is 0.300. The number of imidazole rings is 1. The number of hydrogen-bond acceptors (Lipinski definition) is 2. The van der Waals surface area contributed by atoms with Gasteiger partial charge in [-0.3, -0.25) is 0 Å². The largest absolute Gasteiger partial charge is 0.335 e. The number of nitrogens with zero attached hydrogens (tertiary/aromatic N) is 2. The van der Waals surface area contributed by atoms with Crippen molar-refractivity contribution in [1.82, 2.24) is 14.7 Å². The Morgan fingerprint density at radius 1 is 1.04 bits per heavy atom. The van der Waals surface area contributed by atoms with E-state index in [1.165, 1.54) is 19.3 Å². The van der Waals surface area contributed by atoms with Crippen molar-refractivity contribution < 1.29 is 4.79 Å². The molecule has 0 radical (unpaired) electrons. The number of carbonyl (C=O) groups is 1. The molecule has 5 heteroatoms. The normalized spacial score (nSPS) is 15.2. The minimum Gasteiger partial charge on any atom is -0.335 e. The van der Waals surface area contributed by atoms with Gasteiger partial charge in [-0.1, -0.05) is 43.5 Å². The van der Waals surface area contributed by atoms with Crippen LogP contribution in [0.25, 0.3) is 16.9 Å². The van der Waals surface area contributed by atoms with E-state index in [4.69, 9.17) is 0 Å². The summed E-state index contributed by atoms with van der Waals surface area (Å²) in [4.78, 5) is 17.0. The van der Waals surface area contributed by atoms with Crippen molar-refractivity contribution in [3.8, 4) is 11.3 Å². The summed E-state index contributed by atoms with van der Waals surface area (Å²) in [6.07, 6.45) is 9.76. The van der Waals surface area contributed by atoms with Gasteiger partial charge in [0.25, 0.3) is 0 Å². The maximum atomic E-state index is 12.4. The molecular weight excluding hydrogens is 312 g/mol. The molecule has 1 fully saturated rings. The number of carbonyl (C=O) groups excluding carboxylic acids is 1. The molecule has 0 atom stereocenters. The van der Waals surface area contributed by atoms with Crippen molar-refractivity contribution in [2.45, 2.75) is 38.1 Å². The number of hydrogen-bond donors (Lipinski definition) is 2. The lowest BCUT2D eigenvalue weighted by atomic mass is 9.96. The van der Waals surface area contributed by atoms with Gasteiger partial charge in [0.15, 0.2) is 0 Å². The van der Waals surface area contributed by atoms with Crippen LogP contribution in [0.5, 0.6) is 0 Å². The van der Waals surface area contributed by atoms with Gasteiger partial charge in [0.05, 0.1) is 11.4 Å². The van der Waals surface area contributed by atoms with Crippen molar-refractivity contribution in [2.24, 2.45) is 0 Å². The van der Waals surface area contributed by atoms with Crippen LogP contribution in [0.15, 0.2) is 54.9 Å². The summed E-state index contributed by atoms with van der Waals surface area (Å²) in [6, 6.07) is 13.8. The van der Waals surface area contributed by atoms with Gasteiger partial charge in [-0.2, -0.15) is 0 Å². The number of pyridine rings is 1. The van der Waals surface area contributed by atoms with E-state index in [1.54, 1.807) is 0 Å². The zero-order chi connectivity index (χ0) is 17.1. The van der Waals surface area contributed by atoms with E-state index < -0.39 is 0 Å². The molecule has 3 aromatic rings. The van der Waals surface area contributed by atoms with E-state index in [0.29, 0.717) is 0 Å². The maximum Gasteiger partial charge on any atom is 0.319 e. The number of nitrogens with one attached hydrogen (secondary N) is 2. The standard InChI is InChI=1S/C20H22N4O/c25-20(21-15-8-2-1-3-9-15)23-17-11-5-4-10-16(17)18-14-24-13-7-6-12-19(24)22-18/h4-7,10-15H,1-3,8-9H2,(H2,21,23,25). The second kappa shape index (κ2) is 6.97. The number of benzene rings is 1. The van der Waals surface area contributed by atoms with Crippen LogP contribution < -0.4 is 10.6 Å². The fourth-order valence-electron chi connectivity index (χ4n) is 3.47. The summed E-state index contributed by atoms with van der Waals surface area (Å²) in [5, 5.41) is 6.10. The first-order chi connectivity index (χ1) is 12.3. The second-order valence-electron chi connectivity index (χ2n) is 6.57. The Bertz CT molecular complexity index is 847. The van der Waals surface area contributed by atoms with Gasteiger partial charge < -0.3 is 15.0 Å². The molecule has 0 spiro atoms. The lowest BCUT2D eigenvalue weighted by molar-refractivity contribution is 0.244. The highest BCUT2D eigenvalue weighted by Gasteiger charge is 2.17. The van der Waals surface area contributed by atoms with Crippen LogP contribution in [0.1, 0.15) is 32.1 Å². The highest BCUT2D eigenvalue weighted by molar-refractivity contribution is 5.94. The fourth-order valence-corrected chi connectivity index (χ4v) is 3.47. The molecule has 1 aromatic carbocycles. The van der Waals surface area contributed by atoms with Crippen LogP contribution in [0.3, 0.4) is 0 Å². The van der Waals surface area contributed by atoms with Gasteiger partial charge in [-0.15, -0.1) is 0 Å². The first kappa shape index (κ1) is 15.7. The van der Waals surface area contributed by atoms with Crippen molar-refractivity contribution in [3.63, 3.8) is 0 Å². The third-order valence-corrected chi connectivity index (χ3v) is 4.76. The first-order valence-electron chi connectivity index (χ1n) is 8.90. The lowest BCUT2D eigenvalue weighted by Crippen LogP contribution is -2.39. The lowest BCUT2D eigenvalue weighted by Gasteiger charge is -2.23. The molecule has 0 saturated heterocycles. The molecule has 5 nitrogen and oxygen atoms in total. The van der Waals surface area contributed by atoms with Gasteiger partial charge in [-0.05, 0) is 31.0 Å². The first-order valence-corrected chi connectivity index (χ1v) is 8.90. The number of rotatable bonds is 3. The molecule has 2 aromatic heterocycles. The van der Waals surface area contributed by atoms with Gasteiger partial charge >= 0.3 is 6.03 Å². The van der Waals surface area contributed by atoms with Crippen molar-refractivity contribution in [2.75, 3.05) is 5.32 Å².